The summed E-state index contributed by atoms with van der Waals surface area (Å²) in [4.78, 5) is 8.70. The average Bonchev–Trinajstić information content (AvgIpc) is 2.54. The Balaban J connectivity index is 0.00000112. The molecular formula is C10H17ClN4. The Hall–Kier alpha value is -0.870. The molecule has 1 aliphatic heterocycles. The molecule has 1 saturated heterocycles. The summed E-state index contributed by atoms with van der Waals surface area (Å²) in [6, 6.07) is 2.47. The van der Waals surface area contributed by atoms with Gasteiger partial charge in [0.2, 0.25) is 5.95 Å². The molecule has 2 N–H and O–H groups in total. The molecule has 0 radical (unpaired) electrons. The quantitative estimate of drug-likeness (QED) is 0.801. The Kier molecular flexibility index (Phi) is 4.29. The first-order chi connectivity index (χ1) is 6.74. The standard InChI is InChI=1S/C10H16N4.ClH/c1-7-5-8(2)13-10(12-7)14-9-3-4-11-6-9;/h5,9,11H,3-4,6H2,1-2H3,(H,12,13,14);1H. The fourth-order valence-electron chi connectivity index (χ4n) is 1.75. The predicted molar refractivity (Wildman–Crippen MR) is 63.7 cm³/mol. The number of aryl methyl sites for hydroxylation is 2. The predicted octanol–water partition coefficient (Wildman–Crippen LogP) is 1.29. The van der Waals surface area contributed by atoms with E-state index in [1.807, 2.05) is 19.9 Å². The second kappa shape index (κ2) is 5.28. The zero-order valence-electron chi connectivity index (χ0n) is 9.08. The monoisotopic (exact) mass is 228 g/mol. The first-order valence-corrected chi connectivity index (χ1v) is 5.03. The van der Waals surface area contributed by atoms with E-state index in [1.165, 1.54) is 0 Å². The number of nitrogens with zero attached hydrogens (tertiary/aromatic N) is 2. The van der Waals surface area contributed by atoms with E-state index in [0.29, 0.717) is 6.04 Å². The number of nitrogens with one attached hydrogen (secondary N) is 2. The Morgan fingerprint density at radius 3 is 2.53 bits per heavy atom. The molecule has 1 aromatic rings. The van der Waals surface area contributed by atoms with Gasteiger partial charge in [0.15, 0.2) is 0 Å². The SMILES string of the molecule is Cc1cc(C)nc(NC2CCNC2)n1.Cl. The van der Waals surface area contributed by atoms with Crippen LogP contribution in [0.3, 0.4) is 0 Å². The van der Waals surface area contributed by atoms with Crippen LogP contribution in [-0.2, 0) is 0 Å². The molecule has 0 aromatic carbocycles. The van der Waals surface area contributed by atoms with E-state index in [-0.39, 0.29) is 12.4 Å². The number of anilines is 1. The third-order valence-corrected chi connectivity index (χ3v) is 2.38. The van der Waals surface area contributed by atoms with Gasteiger partial charge in [0, 0.05) is 24.0 Å². The molecule has 1 atom stereocenters. The Morgan fingerprint density at radius 2 is 2.00 bits per heavy atom. The molecular weight excluding hydrogens is 212 g/mol. The third kappa shape index (κ3) is 3.32. The first kappa shape index (κ1) is 12.2. The van der Waals surface area contributed by atoms with Gasteiger partial charge in [-0.15, -0.1) is 12.4 Å². The van der Waals surface area contributed by atoms with Crippen LogP contribution in [0, 0.1) is 13.8 Å². The van der Waals surface area contributed by atoms with E-state index in [0.717, 1.165) is 36.8 Å². The third-order valence-electron chi connectivity index (χ3n) is 2.38. The lowest BCUT2D eigenvalue weighted by Gasteiger charge is -2.11. The van der Waals surface area contributed by atoms with Crippen molar-refractivity contribution in [3.8, 4) is 0 Å². The molecule has 1 aliphatic rings. The van der Waals surface area contributed by atoms with Crippen molar-refractivity contribution in [1.82, 2.24) is 15.3 Å². The summed E-state index contributed by atoms with van der Waals surface area (Å²) in [7, 11) is 0. The Bertz CT molecular complexity index is 303. The lowest BCUT2D eigenvalue weighted by Crippen LogP contribution is -2.23. The maximum absolute atomic E-state index is 4.35. The van der Waals surface area contributed by atoms with Crippen LogP contribution in [0.15, 0.2) is 6.07 Å². The van der Waals surface area contributed by atoms with Crippen molar-refractivity contribution >= 4 is 18.4 Å². The van der Waals surface area contributed by atoms with Crippen molar-refractivity contribution in [3.05, 3.63) is 17.5 Å². The van der Waals surface area contributed by atoms with Crippen molar-refractivity contribution < 1.29 is 0 Å². The zero-order chi connectivity index (χ0) is 9.97. The van der Waals surface area contributed by atoms with Gasteiger partial charge in [0.05, 0.1) is 0 Å². The van der Waals surface area contributed by atoms with Crippen LogP contribution in [0.4, 0.5) is 5.95 Å². The largest absolute Gasteiger partial charge is 0.350 e. The smallest absolute Gasteiger partial charge is 0.223 e. The van der Waals surface area contributed by atoms with Crippen molar-refractivity contribution in [2.75, 3.05) is 18.4 Å². The molecule has 0 amide bonds. The van der Waals surface area contributed by atoms with Crippen molar-refractivity contribution in [2.45, 2.75) is 26.3 Å². The average molecular weight is 229 g/mol. The fourth-order valence-corrected chi connectivity index (χ4v) is 1.75. The summed E-state index contributed by atoms with van der Waals surface area (Å²) in [6.45, 7) is 6.08. The molecule has 2 heterocycles. The van der Waals surface area contributed by atoms with Gasteiger partial charge in [-0.25, -0.2) is 9.97 Å². The molecule has 1 unspecified atom stereocenters. The lowest BCUT2D eigenvalue weighted by molar-refractivity contribution is 0.777. The molecule has 0 saturated carbocycles. The maximum Gasteiger partial charge on any atom is 0.223 e. The topological polar surface area (TPSA) is 49.8 Å². The van der Waals surface area contributed by atoms with Gasteiger partial charge in [0.25, 0.3) is 0 Å². The van der Waals surface area contributed by atoms with Gasteiger partial charge >= 0.3 is 0 Å². The van der Waals surface area contributed by atoms with E-state index in [1.54, 1.807) is 0 Å². The number of halogens is 1. The zero-order valence-corrected chi connectivity index (χ0v) is 9.90. The Labute approximate surface area is 96.3 Å². The summed E-state index contributed by atoms with van der Waals surface area (Å²) >= 11 is 0. The van der Waals surface area contributed by atoms with Crippen LogP contribution < -0.4 is 10.6 Å². The highest BCUT2D eigenvalue weighted by Crippen LogP contribution is 2.08. The minimum absolute atomic E-state index is 0. The van der Waals surface area contributed by atoms with Crippen LogP contribution in [0.25, 0.3) is 0 Å². The number of rotatable bonds is 2. The van der Waals surface area contributed by atoms with E-state index >= 15 is 0 Å². The number of hydrogen-bond donors (Lipinski definition) is 2. The van der Waals surface area contributed by atoms with Crippen molar-refractivity contribution in [2.24, 2.45) is 0 Å². The summed E-state index contributed by atoms with van der Waals surface area (Å²) in [5, 5.41) is 6.64. The van der Waals surface area contributed by atoms with Crippen LogP contribution in [0.1, 0.15) is 17.8 Å². The minimum atomic E-state index is 0. The number of aromatic nitrogens is 2. The molecule has 5 heteroatoms. The number of hydrogen-bond acceptors (Lipinski definition) is 4. The van der Waals surface area contributed by atoms with Gasteiger partial charge in [0.1, 0.15) is 0 Å². The van der Waals surface area contributed by atoms with Crippen LogP contribution in [0.2, 0.25) is 0 Å². The van der Waals surface area contributed by atoms with E-state index < -0.39 is 0 Å². The van der Waals surface area contributed by atoms with Crippen molar-refractivity contribution in [3.63, 3.8) is 0 Å². The molecule has 0 bridgehead atoms. The van der Waals surface area contributed by atoms with E-state index in [4.69, 9.17) is 0 Å². The van der Waals surface area contributed by atoms with Crippen LogP contribution >= 0.6 is 12.4 Å². The minimum Gasteiger partial charge on any atom is -0.350 e. The Morgan fingerprint density at radius 1 is 1.33 bits per heavy atom. The summed E-state index contributed by atoms with van der Waals surface area (Å²) in [6.07, 6.45) is 1.15. The lowest BCUT2D eigenvalue weighted by atomic mass is 10.3. The molecule has 84 valence electrons. The summed E-state index contributed by atoms with van der Waals surface area (Å²) in [5.41, 5.74) is 2.04. The molecule has 0 spiro atoms. The van der Waals surface area contributed by atoms with Gasteiger partial charge in [-0.1, -0.05) is 0 Å². The van der Waals surface area contributed by atoms with Gasteiger partial charge < -0.3 is 10.6 Å². The first-order valence-electron chi connectivity index (χ1n) is 5.03. The molecule has 1 fully saturated rings. The highest BCUT2D eigenvalue weighted by atomic mass is 35.5. The van der Waals surface area contributed by atoms with Crippen LogP contribution in [0.5, 0.6) is 0 Å². The molecule has 1 aromatic heterocycles. The molecule has 0 aliphatic carbocycles. The molecule has 2 rings (SSSR count). The van der Waals surface area contributed by atoms with Gasteiger partial charge in [-0.2, -0.15) is 0 Å². The maximum atomic E-state index is 4.35. The molecule has 4 nitrogen and oxygen atoms in total. The van der Waals surface area contributed by atoms with Gasteiger partial charge in [-0.05, 0) is 32.9 Å². The normalized spacial score (nSPS) is 19.7. The highest BCUT2D eigenvalue weighted by molar-refractivity contribution is 5.85. The van der Waals surface area contributed by atoms with Gasteiger partial charge in [-0.3, -0.25) is 0 Å². The highest BCUT2D eigenvalue weighted by Gasteiger charge is 2.14. The van der Waals surface area contributed by atoms with Crippen molar-refractivity contribution in [1.29, 1.82) is 0 Å². The molecule has 15 heavy (non-hydrogen) atoms. The second-order valence-corrected chi connectivity index (χ2v) is 3.81. The summed E-state index contributed by atoms with van der Waals surface area (Å²) < 4.78 is 0. The van der Waals surface area contributed by atoms with E-state index in [2.05, 4.69) is 20.6 Å². The fraction of sp³-hybridized carbons (Fsp3) is 0.600. The van der Waals surface area contributed by atoms with Crippen LogP contribution in [-0.4, -0.2) is 29.1 Å². The van der Waals surface area contributed by atoms with E-state index in [9.17, 15) is 0 Å². The summed E-state index contributed by atoms with van der Waals surface area (Å²) in [5.74, 6) is 0.760. The second-order valence-electron chi connectivity index (χ2n) is 3.81.